The van der Waals surface area contributed by atoms with E-state index in [4.69, 9.17) is 0 Å². The van der Waals surface area contributed by atoms with Gasteiger partial charge in [-0.3, -0.25) is 0 Å². The predicted octanol–water partition coefficient (Wildman–Crippen LogP) is 1.78. The van der Waals surface area contributed by atoms with Crippen molar-refractivity contribution in [2.24, 2.45) is 5.73 Å². The molecule has 0 rings (SSSR count). The van der Waals surface area contributed by atoms with Gasteiger partial charge in [-0.25, -0.2) is 4.39 Å². The van der Waals surface area contributed by atoms with Crippen molar-refractivity contribution in [3.05, 3.63) is 11.9 Å². The molecular weight excluding hydrogens is 173 g/mol. The number of halogens is 5. The quantitative estimate of drug-likeness (QED) is 0.610. The van der Waals surface area contributed by atoms with Gasteiger partial charge in [-0.15, -0.1) is 12.4 Å². The average Bonchev–Trinajstić information content (AvgIpc) is 1.62. The summed E-state index contributed by atoms with van der Waals surface area (Å²) in [5.41, 5.74) is 4.54. The number of hydrogen-bond acceptors (Lipinski definition) is 1. The van der Waals surface area contributed by atoms with Crippen molar-refractivity contribution < 1.29 is 17.6 Å². The molecule has 6 heteroatoms. The molecule has 0 aliphatic rings. The van der Waals surface area contributed by atoms with Crippen LogP contribution in [0.5, 0.6) is 0 Å². The molecule has 0 aromatic carbocycles. The lowest BCUT2D eigenvalue weighted by Crippen LogP contribution is -2.07. The summed E-state index contributed by atoms with van der Waals surface area (Å²) >= 11 is 0. The van der Waals surface area contributed by atoms with Gasteiger partial charge in [-0.1, -0.05) is 0 Å². The number of nitrogens with two attached hydrogens (primary N) is 1. The van der Waals surface area contributed by atoms with Crippen molar-refractivity contribution in [2.75, 3.05) is 6.54 Å². The molecule has 1 nitrogen and oxygen atoms in total. The highest BCUT2D eigenvalue weighted by Crippen LogP contribution is 2.18. The topological polar surface area (TPSA) is 26.0 Å². The van der Waals surface area contributed by atoms with Gasteiger partial charge in [0.1, 0.15) is 5.83 Å². The summed E-state index contributed by atoms with van der Waals surface area (Å²) in [7, 11) is 0. The Labute approximate surface area is 61.3 Å². The van der Waals surface area contributed by atoms with E-state index < -0.39 is 24.6 Å². The van der Waals surface area contributed by atoms with Gasteiger partial charge < -0.3 is 5.73 Å². The molecule has 0 amide bonds. The normalized spacial score (nSPS) is 12.7. The second kappa shape index (κ2) is 4.51. The first-order chi connectivity index (χ1) is 3.95. The van der Waals surface area contributed by atoms with Crippen LogP contribution in [0.15, 0.2) is 11.9 Å². The Morgan fingerprint density at radius 2 is 1.80 bits per heavy atom. The van der Waals surface area contributed by atoms with E-state index in [-0.39, 0.29) is 12.4 Å². The highest BCUT2D eigenvalue weighted by atomic mass is 35.5. The van der Waals surface area contributed by atoms with Gasteiger partial charge in [0.25, 0.3) is 0 Å². The molecule has 0 aromatic rings. The van der Waals surface area contributed by atoms with Crippen LogP contribution in [0.2, 0.25) is 0 Å². The SMILES string of the molecule is Cl.NC/C(F)=C\C(F)(F)F. The van der Waals surface area contributed by atoms with Crippen LogP contribution in [0.25, 0.3) is 0 Å². The standard InChI is InChI=1S/C4H5F4N.ClH/c5-3(2-9)1-4(6,7)8;/h1H,2,9H2;1H/b3-1+;. The zero-order chi connectivity index (χ0) is 7.49. The van der Waals surface area contributed by atoms with E-state index in [9.17, 15) is 17.6 Å². The first-order valence-electron chi connectivity index (χ1n) is 2.10. The monoisotopic (exact) mass is 179 g/mol. The third-order valence-electron chi connectivity index (χ3n) is 0.515. The van der Waals surface area contributed by atoms with Gasteiger partial charge >= 0.3 is 6.18 Å². The molecule has 0 radical (unpaired) electrons. The van der Waals surface area contributed by atoms with Crippen LogP contribution in [0.1, 0.15) is 0 Å². The van der Waals surface area contributed by atoms with Crippen LogP contribution in [-0.2, 0) is 0 Å². The Balaban J connectivity index is 0. The molecule has 0 aliphatic heterocycles. The minimum Gasteiger partial charge on any atom is -0.325 e. The van der Waals surface area contributed by atoms with E-state index in [0.717, 1.165) is 0 Å². The highest BCUT2D eigenvalue weighted by molar-refractivity contribution is 5.85. The van der Waals surface area contributed by atoms with Crippen LogP contribution in [0, 0.1) is 0 Å². The largest absolute Gasteiger partial charge is 0.412 e. The maximum atomic E-state index is 11.6. The highest BCUT2D eigenvalue weighted by Gasteiger charge is 2.24. The lowest BCUT2D eigenvalue weighted by molar-refractivity contribution is -0.0814. The number of allylic oxidation sites excluding steroid dienone is 1. The summed E-state index contributed by atoms with van der Waals surface area (Å²) in [4.78, 5) is 0. The molecule has 62 valence electrons. The Morgan fingerprint density at radius 3 is 1.90 bits per heavy atom. The van der Waals surface area contributed by atoms with Gasteiger partial charge in [-0.2, -0.15) is 13.2 Å². The van der Waals surface area contributed by atoms with E-state index >= 15 is 0 Å². The third kappa shape index (κ3) is 7.71. The Morgan fingerprint density at radius 1 is 1.40 bits per heavy atom. The lowest BCUT2D eigenvalue weighted by atomic mass is 10.4. The molecule has 0 bridgehead atoms. The first kappa shape index (κ1) is 12.4. The molecule has 0 saturated heterocycles. The summed E-state index contributed by atoms with van der Waals surface area (Å²) in [5.74, 6) is -1.36. The fraction of sp³-hybridized carbons (Fsp3) is 0.500. The maximum Gasteiger partial charge on any atom is 0.412 e. The van der Waals surface area contributed by atoms with Crippen molar-refractivity contribution in [3.63, 3.8) is 0 Å². The van der Waals surface area contributed by atoms with E-state index in [1.54, 1.807) is 0 Å². The third-order valence-corrected chi connectivity index (χ3v) is 0.515. The predicted molar refractivity (Wildman–Crippen MR) is 31.5 cm³/mol. The van der Waals surface area contributed by atoms with Crippen molar-refractivity contribution in [1.29, 1.82) is 0 Å². The molecule has 0 saturated carbocycles. The molecule has 0 aliphatic carbocycles. The van der Waals surface area contributed by atoms with Crippen LogP contribution < -0.4 is 5.73 Å². The molecule has 0 aromatic heterocycles. The van der Waals surface area contributed by atoms with Crippen molar-refractivity contribution >= 4 is 12.4 Å². The fourth-order valence-electron chi connectivity index (χ4n) is 0.237. The van der Waals surface area contributed by atoms with Crippen LogP contribution in [0.3, 0.4) is 0 Å². The van der Waals surface area contributed by atoms with Gasteiger partial charge in [-0.05, 0) is 0 Å². The fourth-order valence-corrected chi connectivity index (χ4v) is 0.237. The summed E-state index contributed by atoms with van der Waals surface area (Å²) in [6.07, 6.45) is -5.06. The summed E-state index contributed by atoms with van der Waals surface area (Å²) < 4.78 is 45.0. The molecule has 10 heavy (non-hydrogen) atoms. The van der Waals surface area contributed by atoms with Gasteiger partial charge in [0.05, 0.1) is 6.08 Å². The van der Waals surface area contributed by atoms with Crippen LogP contribution in [0.4, 0.5) is 17.6 Å². The molecule has 0 spiro atoms. The molecule has 0 heterocycles. The first-order valence-corrected chi connectivity index (χ1v) is 2.10. The maximum absolute atomic E-state index is 11.6. The van der Waals surface area contributed by atoms with Crippen LogP contribution >= 0.6 is 12.4 Å². The van der Waals surface area contributed by atoms with Crippen molar-refractivity contribution in [1.82, 2.24) is 0 Å². The molecule has 0 fully saturated rings. The summed E-state index contributed by atoms with van der Waals surface area (Å²) in [6, 6.07) is 0. The molecule has 2 N–H and O–H groups in total. The smallest absolute Gasteiger partial charge is 0.325 e. The minimum atomic E-state index is -4.59. The van der Waals surface area contributed by atoms with E-state index in [2.05, 4.69) is 5.73 Å². The lowest BCUT2D eigenvalue weighted by Gasteiger charge is -1.97. The minimum absolute atomic E-state index is 0. The average molecular weight is 180 g/mol. The zero-order valence-electron chi connectivity index (χ0n) is 4.78. The number of rotatable bonds is 1. The summed E-state index contributed by atoms with van der Waals surface area (Å²) in [6.45, 7) is -0.709. The van der Waals surface area contributed by atoms with E-state index in [1.807, 2.05) is 0 Å². The molecular formula is C4H6ClF4N. The zero-order valence-corrected chi connectivity index (χ0v) is 5.60. The van der Waals surface area contributed by atoms with Gasteiger partial charge in [0, 0.05) is 6.54 Å². The summed E-state index contributed by atoms with van der Waals surface area (Å²) in [5, 5.41) is 0. The van der Waals surface area contributed by atoms with Crippen molar-refractivity contribution in [3.8, 4) is 0 Å². The Bertz CT molecular complexity index is 119. The van der Waals surface area contributed by atoms with Gasteiger partial charge in [0.15, 0.2) is 0 Å². The van der Waals surface area contributed by atoms with Gasteiger partial charge in [0.2, 0.25) is 0 Å². The second-order valence-corrected chi connectivity index (χ2v) is 1.34. The molecule has 0 unspecified atom stereocenters. The van der Waals surface area contributed by atoms with E-state index in [0.29, 0.717) is 0 Å². The number of hydrogen-bond donors (Lipinski definition) is 1. The van der Waals surface area contributed by atoms with E-state index in [1.165, 1.54) is 0 Å². The van der Waals surface area contributed by atoms with Crippen molar-refractivity contribution in [2.45, 2.75) is 6.18 Å². The molecule has 0 atom stereocenters. The second-order valence-electron chi connectivity index (χ2n) is 1.34. The Hall–Kier alpha value is -0.290. The number of alkyl halides is 3. The Kier molecular flexibility index (Phi) is 5.59. The van der Waals surface area contributed by atoms with Crippen LogP contribution in [-0.4, -0.2) is 12.7 Å².